The van der Waals surface area contributed by atoms with Gasteiger partial charge in [0.05, 0.1) is 11.5 Å². The number of rotatable bonds is 13. The molecule has 9 nitrogen and oxygen atoms in total. The van der Waals surface area contributed by atoms with E-state index < -0.39 is 22.1 Å². The second kappa shape index (κ2) is 14.9. The molecule has 1 N–H and O–H groups in total. The van der Waals surface area contributed by atoms with E-state index in [-0.39, 0.29) is 18.1 Å². The molecule has 3 aromatic carbocycles. The summed E-state index contributed by atoms with van der Waals surface area (Å²) >= 11 is 1.41. The first-order valence-corrected chi connectivity index (χ1v) is 16.7. The van der Waals surface area contributed by atoms with Gasteiger partial charge in [0, 0.05) is 18.5 Å². The second-order valence-corrected chi connectivity index (χ2v) is 12.1. The number of amides is 1. The molecule has 0 aliphatic carbocycles. The topological polar surface area (TPSA) is 117 Å². The summed E-state index contributed by atoms with van der Waals surface area (Å²) in [5.74, 6) is 0.410. The monoisotopic (exact) mass is 621 g/mol. The quantitative estimate of drug-likeness (QED) is 0.134. The van der Waals surface area contributed by atoms with Gasteiger partial charge in [0.1, 0.15) is 17.5 Å². The number of imidazole rings is 1. The van der Waals surface area contributed by atoms with Gasteiger partial charge in [0.25, 0.3) is 10.0 Å². The fraction of sp³-hybridized carbons (Fsp3) is 0.281. The first-order chi connectivity index (χ1) is 20.8. The number of unbranched alkanes of at least 4 members (excludes halogenated alkanes) is 1. The van der Waals surface area contributed by atoms with Gasteiger partial charge in [-0.1, -0.05) is 86.1 Å². The van der Waals surface area contributed by atoms with Crippen LogP contribution >= 0.6 is 11.8 Å². The number of nitrogens with zero attached hydrogens (tertiary/aromatic N) is 2. The van der Waals surface area contributed by atoms with Crippen LogP contribution in [-0.2, 0) is 39.1 Å². The van der Waals surface area contributed by atoms with E-state index >= 15 is 0 Å². The van der Waals surface area contributed by atoms with E-state index in [2.05, 4.69) is 6.92 Å². The summed E-state index contributed by atoms with van der Waals surface area (Å²) in [4.78, 5) is 29.9. The van der Waals surface area contributed by atoms with Gasteiger partial charge in [0.2, 0.25) is 0 Å². The summed E-state index contributed by atoms with van der Waals surface area (Å²) in [7, 11) is -4.23. The maximum atomic E-state index is 13.2. The van der Waals surface area contributed by atoms with Gasteiger partial charge in [-0.15, -0.1) is 11.8 Å². The number of aromatic nitrogens is 2. The van der Waals surface area contributed by atoms with E-state index in [4.69, 9.17) is 14.5 Å². The number of esters is 1. The van der Waals surface area contributed by atoms with Crippen molar-refractivity contribution < 1.29 is 27.5 Å². The molecular formula is C32H35N3O6S2. The van der Waals surface area contributed by atoms with Crippen molar-refractivity contribution in [1.29, 1.82) is 0 Å². The summed E-state index contributed by atoms with van der Waals surface area (Å²) in [6, 6.07) is 22.9. The molecule has 11 heteroatoms. The molecule has 4 rings (SSSR count). The van der Waals surface area contributed by atoms with Gasteiger partial charge in [-0.25, -0.2) is 27.7 Å². The van der Waals surface area contributed by atoms with Crippen LogP contribution in [0.25, 0.3) is 11.1 Å². The van der Waals surface area contributed by atoms with Crippen molar-refractivity contribution >= 4 is 33.8 Å². The van der Waals surface area contributed by atoms with E-state index in [0.29, 0.717) is 28.4 Å². The highest BCUT2D eigenvalue weighted by Crippen LogP contribution is 2.29. The number of aryl methyl sites for hydroxylation is 1. The Morgan fingerprint density at radius 3 is 2.28 bits per heavy atom. The fourth-order valence-corrected chi connectivity index (χ4v) is 6.24. The Kier molecular flexibility index (Phi) is 11.0. The molecule has 0 aliphatic rings. The Balaban J connectivity index is 1.57. The number of sulfonamides is 1. The Hall–Kier alpha value is -4.09. The lowest BCUT2D eigenvalue weighted by molar-refractivity contribution is 0.0509. The molecule has 0 unspecified atom stereocenters. The minimum absolute atomic E-state index is 0.0508. The lowest BCUT2D eigenvalue weighted by Crippen LogP contribution is -2.31. The summed E-state index contributed by atoms with van der Waals surface area (Å²) in [5, 5.41) is 0.634. The first-order valence-electron chi connectivity index (χ1n) is 14.0. The number of hydrogen-bond acceptors (Lipinski definition) is 8. The van der Waals surface area contributed by atoms with Crippen molar-refractivity contribution in [3.8, 4) is 11.1 Å². The first kappa shape index (κ1) is 31.8. The van der Waals surface area contributed by atoms with Crippen molar-refractivity contribution in [2.45, 2.75) is 56.2 Å². The fourth-order valence-electron chi connectivity index (χ4n) is 4.54. The van der Waals surface area contributed by atoms with Gasteiger partial charge in [-0.05, 0) is 42.4 Å². The smallest absolute Gasteiger partial charge is 0.421 e. The Labute approximate surface area is 256 Å². The Bertz CT molecular complexity index is 1650. The third-order valence-corrected chi connectivity index (χ3v) is 8.69. The molecule has 43 heavy (non-hydrogen) atoms. The zero-order chi connectivity index (χ0) is 30.8. The highest BCUT2D eigenvalue weighted by Gasteiger charge is 2.25. The van der Waals surface area contributed by atoms with Crippen LogP contribution in [-0.4, -0.2) is 42.9 Å². The van der Waals surface area contributed by atoms with Crippen LogP contribution in [0.4, 0.5) is 4.79 Å². The Morgan fingerprint density at radius 1 is 0.907 bits per heavy atom. The average molecular weight is 622 g/mol. The zero-order valence-corrected chi connectivity index (χ0v) is 26.0. The molecule has 0 atom stereocenters. The Morgan fingerprint density at radius 2 is 1.60 bits per heavy atom. The molecule has 0 aliphatic heterocycles. The number of benzene rings is 3. The minimum atomic E-state index is -4.23. The summed E-state index contributed by atoms with van der Waals surface area (Å²) in [6.07, 6.45) is 3.48. The van der Waals surface area contributed by atoms with Gasteiger partial charge < -0.3 is 14.0 Å². The van der Waals surface area contributed by atoms with Crippen molar-refractivity contribution in [1.82, 2.24) is 14.3 Å². The molecule has 226 valence electrons. The van der Waals surface area contributed by atoms with Crippen molar-refractivity contribution in [2.24, 2.45) is 0 Å². The predicted molar refractivity (Wildman–Crippen MR) is 167 cm³/mol. The van der Waals surface area contributed by atoms with Gasteiger partial charge in [0.15, 0.2) is 5.69 Å². The average Bonchev–Trinajstić information content (AvgIpc) is 3.36. The van der Waals surface area contributed by atoms with Crippen molar-refractivity contribution in [3.63, 3.8) is 0 Å². The number of hydrogen-bond donors (Lipinski definition) is 1. The van der Waals surface area contributed by atoms with Crippen LogP contribution < -0.4 is 4.72 Å². The highest BCUT2D eigenvalue weighted by atomic mass is 32.2. The highest BCUT2D eigenvalue weighted by molar-refractivity contribution is 7.98. The lowest BCUT2D eigenvalue weighted by Gasteiger charge is -2.14. The molecule has 0 spiro atoms. The normalized spacial score (nSPS) is 11.2. The van der Waals surface area contributed by atoms with Gasteiger partial charge in [-0.3, -0.25) is 0 Å². The third kappa shape index (κ3) is 8.05. The van der Waals surface area contributed by atoms with Crippen LogP contribution in [0.15, 0.2) is 88.8 Å². The molecular weight excluding hydrogens is 587 g/mol. The molecule has 1 aromatic heterocycles. The number of thioether (sulfide) groups is 1. The van der Waals surface area contributed by atoms with Crippen LogP contribution in [0.3, 0.4) is 0 Å². The maximum Gasteiger partial charge on any atom is 0.421 e. The van der Waals surface area contributed by atoms with Crippen LogP contribution in [0.5, 0.6) is 0 Å². The molecule has 0 saturated carbocycles. The minimum Gasteiger partial charge on any atom is -0.461 e. The second-order valence-electron chi connectivity index (χ2n) is 9.66. The van der Waals surface area contributed by atoms with E-state index in [1.54, 1.807) is 49.4 Å². The standard InChI is InChI=1S/C32H35N3O6S2/c1-4-6-16-28-33-30(42-3)29(31(36)40-5-2)35(28)21-23-17-19-25(20-18-23)26-14-10-11-15-27(26)43(38,39)34-32(37)41-22-24-12-8-7-9-13-24/h7-15,17-20H,4-6,16,21-22H2,1-3H3,(H,34,37). The van der Waals surface area contributed by atoms with Gasteiger partial charge >= 0.3 is 12.1 Å². The molecule has 0 saturated heterocycles. The van der Waals surface area contributed by atoms with Gasteiger partial charge in [-0.2, -0.15) is 0 Å². The van der Waals surface area contributed by atoms with Crippen molar-refractivity contribution in [2.75, 3.05) is 12.9 Å². The van der Waals surface area contributed by atoms with Crippen molar-refractivity contribution in [3.05, 3.63) is 102 Å². The lowest BCUT2D eigenvalue weighted by atomic mass is 10.0. The van der Waals surface area contributed by atoms with E-state index in [9.17, 15) is 18.0 Å². The number of nitrogens with one attached hydrogen (secondary N) is 1. The molecule has 1 heterocycles. The molecule has 0 radical (unpaired) electrons. The zero-order valence-electron chi connectivity index (χ0n) is 24.4. The molecule has 0 fully saturated rings. The van der Waals surface area contributed by atoms with E-state index in [1.807, 2.05) is 45.9 Å². The van der Waals surface area contributed by atoms with Crippen LogP contribution in [0.1, 0.15) is 54.1 Å². The molecule has 0 bridgehead atoms. The SMILES string of the molecule is CCCCc1nc(SC)c(C(=O)OCC)n1Cc1ccc(-c2ccccc2S(=O)(=O)NC(=O)OCc2ccccc2)cc1. The number of carbonyl (C=O) groups is 2. The third-order valence-electron chi connectivity index (χ3n) is 6.64. The largest absolute Gasteiger partial charge is 0.461 e. The number of ether oxygens (including phenoxy) is 2. The number of carbonyl (C=O) groups excluding carboxylic acids is 2. The summed E-state index contributed by atoms with van der Waals surface area (Å²) < 4.78 is 40.8. The summed E-state index contributed by atoms with van der Waals surface area (Å²) in [6.45, 7) is 4.48. The predicted octanol–water partition coefficient (Wildman–Crippen LogP) is 6.45. The van der Waals surface area contributed by atoms with Crippen LogP contribution in [0, 0.1) is 0 Å². The van der Waals surface area contributed by atoms with E-state index in [1.165, 1.54) is 17.8 Å². The maximum absolute atomic E-state index is 13.2. The molecule has 4 aromatic rings. The van der Waals surface area contributed by atoms with Crippen LogP contribution in [0.2, 0.25) is 0 Å². The van der Waals surface area contributed by atoms with E-state index in [0.717, 1.165) is 36.2 Å². The molecule has 1 amide bonds. The summed E-state index contributed by atoms with van der Waals surface area (Å²) in [5.41, 5.74) is 3.16.